The molecule has 0 radical (unpaired) electrons. The normalized spacial score (nSPS) is 26.1. The number of amides is 1. The van der Waals surface area contributed by atoms with Gasteiger partial charge in [-0.3, -0.25) is 4.79 Å². The minimum Gasteiger partial charge on any atom is -0.375 e. The zero-order valence-corrected chi connectivity index (χ0v) is 15.3. The van der Waals surface area contributed by atoms with Gasteiger partial charge in [-0.25, -0.2) is 14.4 Å². The summed E-state index contributed by atoms with van der Waals surface area (Å²) in [5.41, 5.74) is 1.29. The number of halogens is 1. The molecule has 2 aromatic rings. The molecule has 0 spiro atoms. The number of nitrogens with zero attached hydrogens (tertiary/aromatic N) is 2. The van der Waals surface area contributed by atoms with E-state index in [2.05, 4.69) is 20.6 Å². The monoisotopic (exact) mass is 388 g/mol. The Balaban J connectivity index is 1.42. The lowest BCUT2D eigenvalue weighted by Crippen LogP contribution is -2.45. The van der Waals surface area contributed by atoms with Gasteiger partial charge in [0.25, 0.3) is 0 Å². The summed E-state index contributed by atoms with van der Waals surface area (Å²) < 4.78 is 30.0. The molecule has 4 atom stereocenters. The number of carbonyl (C=O) groups is 1. The predicted molar refractivity (Wildman–Crippen MR) is 98.1 cm³/mol. The highest BCUT2D eigenvalue weighted by molar-refractivity contribution is 5.77. The van der Waals surface area contributed by atoms with E-state index in [9.17, 15) is 9.18 Å². The largest absolute Gasteiger partial charge is 0.375 e. The SMILES string of the molecule is COCC(=O)NC1COC2C(Nc3nccc(-c4cccc(F)c4)n3)COC12. The van der Waals surface area contributed by atoms with Gasteiger partial charge in [-0.15, -0.1) is 0 Å². The third kappa shape index (κ3) is 3.96. The number of fused-ring (bicyclic) bond motifs is 1. The molecule has 2 N–H and O–H groups in total. The van der Waals surface area contributed by atoms with E-state index in [-0.39, 0.29) is 42.6 Å². The molecular weight excluding hydrogens is 367 g/mol. The summed E-state index contributed by atoms with van der Waals surface area (Å²) in [5.74, 6) is -0.118. The number of aromatic nitrogens is 2. The Bertz CT molecular complexity index is 852. The molecule has 0 saturated carbocycles. The summed E-state index contributed by atoms with van der Waals surface area (Å²) in [4.78, 5) is 20.5. The summed E-state index contributed by atoms with van der Waals surface area (Å²) >= 11 is 0. The van der Waals surface area contributed by atoms with Gasteiger partial charge in [0.2, 0.25) is 11.9 Å². The van der Waals surface area contributed by atoms with Crippen molar-refractivity contribution in [1.29, 1.82) is 0 Å². The van der Waals surface area contributed by atoms with Crippen LogP contribution in [0.2, 0.25) is 0 Å². The average molecular weight is 388 g/mol. The fourth-order valence-corrected chi connectivity index (χ4v) is 3.53. The number of nitrogens with one attached hydrogen (secondary N) is 2. The molecule has 0 aliphatic carbocycles. The zero-order valence-electron chi connectivity index (χ0n) is 15.3. The molecule has 148 valence electrons. The molecule has 4 rings (SSSR count). The van der Waals surface area contributed by atoms with E-state index in [0.717, 1.165) is 0 Å². The smallest absolute Gasteiger partial charge is 0.246 e. The highest BCUT2D eigenvalue weighted by Crippen LogP contribution is 2.29. The van der Waals surface area contributed by atoms with Crippen LogP contribution in [-0.2, 0) is 19.0 Å². The minimum atomic E-state index is -0.321. The molecule has 1 aromatic carbocycles. The molecule has 4 unspecified atom stereocenters. The molecule has 1 aromatic heterocycles. The lowest BCUT2D eigenvalue weighted by Gasteiger charge is -2.18. The van der Waals surface area contributed by atoms with Crippen LogP contribution >= 0.6 is 0 Å². The minimum absolute atomic E-state index is 0.00369. The first-order chi connectivity index (χ1) is 13.6. The van der Waals surface area contributed by atoms with Gasteiger partial charge >= 0.3 is 0 Å². The number of carbonyl (C=O) groups excluding carboxylic acids is 1. The third-order valence-corrected chi connectivity index (χ3v) is 4.77. The lowest BCUT2D eigenvalue weighted by molar-refractivity contribution is -0.126. The van der Waals surface area contributed by atoms with E-state index in [1.807, 2.05) is 0 Å². The average Bonchev–Trinajstić information content (AvgIpc) is 3.26. The molecule has 28 heavy (non-hydrogen) atoms. The van der Waals surface area contributed by atoms with Gasteiger partial charge in [0.05, 0.1) is 31.0 Å². The zero-order chi connectivity index (χ0) is 19.5. The second-order valence-electron chi connectivity index (χ2n) is 6.73. The summed E-state index contributed by atoms with van der Waals surface area (Å²) in [6.07, 6.45) is 1.14. The molecule has 1 amide bonds. The molecule has 2 fully saturated rings. The Hall–Kier alpha value is -2.62. The van der Waals surface area contributed by atoms with Crippen molar-refractivity contribution >= 4 is 11.9 Å². The van der Waals surface area contributed by atoms with Gasteiger partial charge in [0.1, 0.15) is 24.6 Å². The Morgan fingerprint density at radius 2 is 2.04 bits per heavy atom. The summed E-state index contributed by atoms with van der Waals surface area (Å²) in [7, 11) is 1.47. The Morgan fingerprint density at radius 3 is 2.82 bits per heavy atom. The molecule has 2 saturated heterocycles. The van der Waals surface area contributed by atoms with Crippen LogP contribution in [0.15, 0.2) is 36.5 Å². The number of hydrogen-bond acceptors (Lipinski definition) is 7. The van der Waals surface area contributed by atoms with Crippen molar-refractivity contribution in [3.8, 4) is 11.3 Å². The van der Waals surface area contributed by atoms with Crippen molar-refractivity contribution in [3.63, 3.8) is 0 Å². The topological polar surface area (TPSA) is 94.6 Å². The number of methoxy groups -OCH3 is 1. The highest BCUT2D eigenvalue weighted by Gasteiger charge is 2.48. The Labute approximate surface area is 161 Å². The van der Waals surface area contributed by atoms with Crippen LogP contribution in [0.1, 0.15) is 0 Å². The van der Waals surface area contributed by atoms with Crippen LogP contribution in [0.4, 0.5) is 10.3 Å². The molecule has 3 heterocycles. The Morgan fingerprint density at radius 1 is 1.25 bits per heavy atom. The van der Waals surface area contributed by atoms with Crippen LogP contribution in [0.3, 0.4) is 0 Å². The molecule has 0 bridgehead atoms. The van der Waals surface area contributed by atoms with Crippen molar-refractivity contribution in [1.82, 2.24) is 15.3 Å². The number of hydrogen-bond donors (Lipinski definition) is 2. The van der Waals surface area contributed by atoms with Gasteiger partial charge in [-0.2, -0.15) is 0 Å². The number of ether oxygens (including phenoxy) is 3. The molecule has 2 aliphatic rings. The van der Waals surface area contributed by atoms with Crippen LogP contribution in [0.5, 0.6) is 0 Å². The maximum Gasteiger partial charge on any atom is 0.246 e. The van der Waals surface area contributed by atoms with Crippen LogP contribution < -0.4 is 10.6 Å². The predicted octanol–water partition coefficient (Wildman–Crippen LogP) is 0.992. The summed E-state index contributed by atoms with van der Waals surface area (Å²) in [5, 5.41) is 6.10. The molecule has 9 heteroatoms. The van der Waals surface area contributed by atoms with E-state index in [0.29, 0.717) is 30.4 Å². The maximum atomic E-state index is 13.5. The fourth-order valence-electron chi connectivity index (χ4n) is 3.53. The van der Waals surface area contributed by atoms with Crippen LogP contribution in [-0.4, -0.2) is 67.1 Å². The lowest BCUT2D eigenvalue weighted by atomic mass is 10.1. The van der Waals surface area contributed by atoms with Crippen molar-refractivity contribution in [2.45, 2.75) is 24.3 Å². The van der Waals surface area contributed by atoms with E-state index < -0.39 is 0 Å². The first kappa shape index (κ1) is 18.7. The van der Waals surface area contributed by atoms with Crippen molar-refractivity contribution in [3.05, 3.63) is 42.3 Å². The van der Waals surface area contributed by atoms with Crippen molar-refractivity contribution in [2.24, 2.45) is 0 Å². The van der Waals surface area contributed by atoms with Crippen molar-refractivity contribution in [2.75, 3.05) is 32.2 Å². The molecule has 2 aliphatic heterocycles. The molecular formula is C19H21FN4O4. The van der Waals surface area contributed by atoms with E-state index in [1.54, 1.807) is 24.4 Å². The van der Waals surface area contributed by atoms with E-state index >= 15 is 0 Å². The number of anilines is 1. The van der Waals surface area contributed by atoms with Crippen LogP contribution in [0.25, 0.3) is 11.3 Å². The maximum absolute atomic E-state index is 13.5. The second kappa shape index (κ2) is 8.17. The van der Waals surface area contributed by atoms with Crippen molar-refractivity contribution < 1.29 is 23.4 Å². The highest BCUT2D eigenvalue weighted by atomic mass is 19.1. The van der Waals surface area contributed by atoms with E-state index in [1.165, 1.54) is 19.2 Å². The first-order valence-corrected chi connectivity index (χ1v) is 9.01. The first-order valence-electron chi connectivity index (χ1n) is 9.01. The van der Waals surface area contributed by atoms with Gasteiger partial charge in [0, 0.05) is 18.9 Å². The molecule has 8 nitrogen and oxygen atoms in total. The third-order valence-electron chi connectivity index (χ3n) is 4.77. The standard InChI is InChI=1S/C19H21FN4O4/c1-26-10-16(25)22-14-8-27-18-15(9-28-17(14)18)24-19-21-6-5-13(23-19)11-3-2-4-12(20)7-11/h2-7,14-15,17-18H,8-10H2,1H3,(H,22,25)(H,21,23,24). The van der Waals surface area contributed by atoms with E-state index in [4.69, 9.17) is 14.2 Å². The van der Waals surface area contributed by atoms with Gasteiger partial charge in [-0.05, 0) is 18.2 Å². The Kier molecular flexibility index (Phi) is 5.47. The second-order valence-corrected chi connectivity index (χ2v) is 6.73. The van der Waals surface area contributed by atoms with Crippen LogP contribution in [0, 0.1) is 5.82 Å². The van der Waals surface area contributed by atoms with Gasteiger partial charge in [-0.1, -0.05) is 12.1 Å². The van der Waals surface area contributed by atoms with Gasteiger partial charge < -0.3 is 24.8 Å². The quantitative estimate of drug-likeness (QED) is 0.762. The number of rotatable bonds is 6. The summed E-state index contributed by atoms with van der Waals surface area (Å²) in [6.45, 7) is 0.767. The number of benzene rings is 1. The fraction of sp³-hybridized carbons (Fsp3) is 0.421. The van der Waals surface area contributed by atoms with Gasteiger partial charge in [0.15, 0.2) is 0 Å². The summed E-state index contributed by atoms with van der Waals surface area (Å²) in [6, 6.07) is 7.59.